The molecule has 6 aromatic carbocycles. The largest absolute Gasteiger partial charge is 0.311 e. The fourth-order valence-corrected chi connectivity index (χ4v) is 6.70. The number of allylic oxidation sites excluding steroid dienone is 4. The number of benzene rings is 6. The zero-order chi connectivity index (χ0) is 30.3. The van der Waals surface area contributed by atoms with Gasteiger partial charge in [-0.25, -0.2) is 0 Å². The normalized spacial score (nSPS) is 16.1. The van der Waals surface area contributed by atoms with Gasteiger partial charge in [0.05, 0.1) is 5.69 Å². The van der Waals surface area contributed by atoms with E-state index in [1.807, 2.05) is 0 Å². The van der Waals surface area contributed by atoms with Gasteiger partial charge in [0.15, 0.2) is 0 Å². The molecule has 0 N–H and O–H groups in total. The molecule has 0 aromatic heterocycles. The summed E-state index contributed by atoms with van der Waals surface area (Å²) in [5, 5.41) is 5.13. The van der Waals surface area contributed by atoms with Crippen LogP contribution in [-0.2, 0) is 5.41 Å². The highest BCUT2D eigenvalue weighted by molar-refractivity contribution is 6.13. The Morgan fingerprint density at radius 2 is 1.34 bits per heavy atom. The van der Waals surface area contributed by atoms with Gasteiger partial charge in [-0.3, -0.25) is 0 Å². The van der Waals surface area contributed by atoms with Gasteiger partial charge in [0.2, 0.25) is 0 Å². The highest BCUT2D eigenvalue weighted by Gasteiger charge is 2.27. The number of hydrogen-bond donors (Lipinski definition) is 0. The molecule has 0 radical (unpaired) electrons. The third-order valence-electron chi connectivity index (χ3n) is 9.04. The van der Waals surface area contributed by atoms with Gasteiger partial charge in [0, 0.05) is 11.4 Å². The maximum Gasteiger partial charge on any atom is 0.0528 e. The van der Waals surface area contributed by atoms with Crippen molar-refractivity contribution in [1.29, 1.82) is 0 Å². The Labute approximate surface area is 261 Å². The lowest BCUT2D eigenvalue weighted by Crippen LogP contribution is -2.24. The molecule has 44 heavy (non-hydrogen) atoms. The van der Waals surface area contributed by atoms with Crippen LogP contribution in [0.25, 0.3) is 43.8 Å². The Morgan fingerprint density at radius 1 is 0.636 bits per heavy atom. The van der Waals surface area contributed by atoms with Crippen LogP contribution in [0.1, 0.15) is 31.4 Å². The molecule has 7 rings (SSSR count). The van der Waals surface area contributed by atoms with E-state index < -0.39 is 0 Å². The molecule has 0 saturated carbocycles. The average Bonchev–Trinajstić information content (AvgIpc) is 3.05. The first-order valence-electron chi connectivity index (χ1n) is 15.4. The summed E-state index contributed by atoms with van der Waals surface area (Å²) in [6.07, 6.45) is 9.58. The maximum atomic E-state index is 4.51. The quantitative estimate of drug-likeness (QED) is 0.192. The molecule has 214 valence electrons. The number of anilines is 2. The fraction of sp³-hybridized carbons (Fsp3) is 0.116. The van der Waals surface area contributed by atoms with Crippen LogP contribution in [0.4, 0.5) is 11.4 Å². The van der Waals surface area contributed by atoms with Gasteiger partial charge >= 0.3 is 0 Å². The number of fused-ring (bicyclic) bond motifs is 4. The van der Waals surface area contributed by atoms with E-state index in [-0.39, 0.29) is 5.41 Å². The number of nitrogens with zero attached hydrogens (tertiary/aromatic N) is 1. The van der Waals surface area contributed by atoms with E-state index in [4.69, 9.17) is 0 Å². The highest BCUT2D eigenvalue weighted by Crippen LogP contribution is 2.43. The van der Waals surface area contributed by atoms with E-state index in [9.17, 15) is 0 Å². The zero-order valence-corrected chi connectivity index (χ0v) is 25.7. The van der Waals surface area contributed by atoms with E-state index in [0.717, 1.165) is 17.8 Å². The molecular formula is C43H37N. The van der Waals surface area contributed by atoms with E-state index >= 15 is 0 Å². The number of aryl methyl sites for hydroxylation is 1. The van der Waals surface area contributed by atoms with Gasteiger partial charge in [-0.1, -0.05) is 136 Å². The standard InChI is InChI=1S/C43H37N/c1-30-14-12-22-41-42(30)44(31(2)15-6-5-11-27-43(41,3)4)36-25-23-32(24-26-36)33-17-13-18-34(28-33)40-29-35-16-7-8-19-37(35)38-20-9-10-21-39(38)40/h5-26,28-29H,2,27H2,1,3-4H3/b11-5-,15-6-. The van der Waals surface area contributed by atoms with Crippen LogP contribution in [0, 0.1) is 6.92 Å². The molecule has 0 aliphatic carbocycles. The monoisotopic (exact) mass is 567 g/mol. The molecule has 1 nitrogen and oxygen atoms in total. The number of hydrogen-bond acceptors (Lipinski definition) is 1. The van der Waals surface area contributed by atoms with E-state index in [1.54, 1.807) is 0 Å². The second-order valence-electron chi connectivity index (χ2n) is 12.5. The van der Waals surface area contributed by atoms with Gasteiger partial charge in [-0.15, -0.1) is 0 Å². The molecule has 0 unspecified atom stereocenters. The molecule has 1 heterocycles. The third kappa shape index (κ3) is 4.95. The Bertz CT molecular complexity index is 2090. The van der Waals surface area contributed by atoms with Crippen molar-refractivity contribution in [3.05, 3.63) is 169 Å². The molecule has 0 saturated heterocycles. The third-order valence-corrected chi connectivity index (χ3v) is 9.04. The van der Waals surface area contributed by atoms with Gasteiger partial charge < -0.3 is 4.90 Å². The predicted octanol–water partition coefficient (Wildman–Crippen LogP) is 12.1. The summed E-state index contributed by atoms with van der Waals surface area (Å²) in [5.74, 6) is 0. The van der Waals surface area contributed by atoms with Crippen molar-refractivity contribution in [3.8, 4) is 22.3 Å². The van der Waals surface area contributed by atoms with Crippen LogP contribution in [0.5, 0.6) is 0 Å². The smallest absolute Gasteiger partial charge is 0.0528 e. The van der Waals surface area contributed by atoms with E-state index in [2.05, 4.69) is 178 Å². The lowest BCUT2D eigenvalue weighted by atomic mass is 9.79. The summed E-state index contributed by atoms with van der Waals surface area (Å²) in [5.41, 5.74) is 10.7. The number of rotatable bonds is 3. The molecule has 1 aliphatic heterocycles. The molecule has 0 spiro atoms. The highest BCUT2D eigenvalue weighted by atomic mass is 15.1. The van der Waals surface area contributed by atoms with Crippen LogP contribution in [0.3, 0.4) is 0 Å². The summed E-state index contributed by atoms with van der Waals surface area (Å²) >= 11 is 0. The number of para-hydroxylation sites is 1. The van der Waals surface area contributed by atoms with Gasteiger partial charge in [0.25, 0.3) is 0 Å². The van der Waals surface area contributed by atoms with Crippen molar-refractivity contribution in [3.63, 3.8) is 0 Å². The zero-order valence-electron chi connectivity index (χ0n) is 25.7. The summed E-state index contributed by atoms with van der Waals surface area (Å²) in [7, 11) is 0. The molecule has 0 fully saturated rings. The van der Waals surface area contributed by atoms with Crippen LogP contribution < -0.4 is 4.90 Å². The summed E-state index contributed by atoms with van der Waals surface area (Å²) in [6.45, 7) is 11.4. The van der Waals surface area contributed by atoms with Crippen molar-refractivity contribution in [1.82, 2.24) is 0 Å². The Hall–Kier alpha value is -5.14. The van der Waals surface area contributed by atoms with Crippen molar-refractivity contribution in [2.75, 3.05) is 4.90 Å². The molecule has 1 aliphatic rings. The fourth-order valence-electron chi connectivity index (χ4n) is 6.70. The van der Waals surface area contributed by atoms with E-state index in [1.165, 1.54) is 60.6 Å². The Kier molecular flexibility index (Phi) is 7.03. The summed E-state index contributed by atoms with van der Waals surface area (Å²) in [4.78, 5) is 2.32. The van der Waals surface area contributed by atoms with Crippen molar-refractivity contribution >= 4 is 32.9 Å². The van der Waals surface area contributed by atoms with Crippen molar-refractivity contribution in [2.24, 2.45) is 0 Å². The minimum Gasteiger partial charge on any atom is -0.311 e. The van der Waals surface area contributed by atoms with Crippen LogP contribution in [0.15, 0.2) is 158 Å². The topological polar surface area (TPSA) is 3.24 Å². The Balaban J connectivity index is 1.31. The molecule has 0 atom stereocenters. The molecule has 1 heteroatoms. The molecular weight excluding hydrogens is 530 g/mol. The Morgan fingerprint density at radius 3 is 2.16 bits per heavy atom. The second kappa shape index (κ2) is 11.2. The minimum absolute atomic E-state index is 0.0190. The van der Waals surface area contributed by atoms with Crippen molar-refractivity contribution < 1.29 is 0 Å². The maximum absolute atomic E-state index is 4.51. The lowest BCUT2D eigenvalue weighted by Gasteiger charge is -2.35. The first-order valence-corrected chi connectivity index (χ1v) is 15.4. The summed E-state index contributed by atoms with van der Waals surface area (Å²) < 4.78 is 0. The lowest BCUT2D eigenvalue weighted by molar-refractivity contribution is 0.534. The van der Waals surface area contributed by atoms with Gasteiger partial charge in [0.1, 0.15) is 0 Å². The van der Waals surface area contributed by atoms with Crippen LogP contribution in [0.2, 0.25) is 0 Å². The molecule has 0 amide bonds. The predicted molar refractivity (Wildman–Crippen MR) is 191 cm³/mol. The first-order chi connectivity index (χ1) is 21.4. The van der Waals surface area contributed by atoms with Crippen LogP contribution in [-0.4, -0.2) is 0 Å². The molecule has 6 aromatic rings. The SMILES string of the molecule is C=C1/C=C\C=C/CC(C)(C)c2cccc(C)c2N1c1ccc(-c2cccc(-c3cc4ccccc4c4ccccc34)c2)cc1. The molecule has 0 bridgehead atoms. The minimum atomic E-state index is -0.0190. The van der Waals surface area contributed by atoms with Crippen molar-refractivity contribution in [2.45, 2.75) is 32.6 Å². The van der Waals surface area contributed by atoms with Crippen LogP contribution >= 0.6 is 0 Å². The summed E-state index contributed by atoms with van der Waals surface area (Å²) in [6, 6.07) is 44.3. The first kappa shape index (κ1) is 27.7. The van der Waals surface area contributed by atoms with E-state index in [0.29, 0.717) is 0 Å². The second-order valence-corrected chi connectivity index (χ2v) is 12.5. The average molecular weight is 568 g/mol. The van der Waals surface area contributed by atoms with Gasteiger partial charge in [-0.2, -0.15) is 0 Å². The van der Waals surface area contributed by atoms with Gasteiger partial charge in [-0.05, 0) is 104 Å².